The molecular weight excluding hydrogens is 224 g/mol. The summed E-state index contributed by atoms with van der Waals surface area (Å²) in [5.74, 6) is -0.0759. The van der Waals surface area contributed by atoms with Gasteiger partial charge in [0.1, 0.15) is 10.9 Å². The van der Waals surface area contributed by atoms with Crippen LogP contribution in [0.2, 0.25) is 0 Å². The van der Waals surface area contributed by atoms with E-state index in [2.05, 4.69) is 16.4 Å². The van der Waals surface area contributed by atoms with Gasteiger partial charge in [0.05, 0.1) is 17.3 Å². The predicted octanol–water partition coefficient (Wildman–Crippen LogP) is 0.389. The number of rotatable bonds is 1. The summed E-state index contributed by atoms with van der Waals surface area (Å²) in [6.45, 7) is 3.67. The van der Waals surface area contributed by atoms with Gasteiger partial charge in [-0.3, -0.25) is 4.79 Å². The van der Waals surface area contributed by atoms with E-state index < -0.39 is 0 Å². The van der Waals surface area contributed by atoms with E-state index in [1.807, 2.05) is 6.92 Å². The zero-order valence-electron chi connectivity index (χ0n) is 8.93. The molecule has 1 N–H and O–H groups in total. The lowest BCUT2D eigenvalue weighted by atomic mass is 10.2. The molecule has 1 atom stereocenters. The van der Waals surface area contributed by atoms with Gasteiger partial charge in [-0.1, -0.05) is 0 Å². The number of thiazole rings is 1. The smallest absolute Gasteiger partial charge is 0.267 e. The Kier molecular flexibility index (Phi) is 3.17. The van der Waals surface area contributed by atoms with Crippen LogP contribution in [0, 0.1) is 18.3 Å². The van der Waals surface area contributed by atoms with Crippen LogP contribution in [-0.4, -0.2) is 41.5 Å². The first-order valence-corrected chi connectivity index (χ1v) is 5.93. The number of amides is 1. The Morgan fingerprint density at radius 3 is 3.25 bits per heavy atom. The lowest BCUT2D eigenvalue weighted by Crippen LogP contribution is -2.52. The summed E-state index contributed by atoms with van der Waals surface area (Å²) in [6, 6.07) is 1.77. The molecule has 1 aliphatic rings. The standard InChI is InChI=1S/C10H12N4OS/c1-7-9(16-6-13-7)10(15)14-3-2-12-5-8(14)4-11/h6,8,12H,2-3,5H2,1H3. The van der Waals surface area contributed by atoms with E-state index in [4.69, 9.17) is 5.26 Å². The number of carbonyl (C=O) groups excluding carboxylic acids is 1. The van der Waals surface area contributed by atoms with Crippen LogP contribution in [-0.2, 0) is 0 Å². The Labute approximate surface area is 97.7 Å². The molecular formula is C10H12N4OS. The summed E-state index contributed by atoms with van der Waals surface area (Å²) in [4.78, 5) is 18.5. The highest BCUT2D eigenvalue weighted by molar-refractivity contribution is 7.11. The summed E-state index contributed by atoms with van der Waals surface area (Å²) >= 11 is 1.33. The molecule has 16 heavy (non-hydrogen) atoms. The molecule has 2 heterocycles. The second kappa shape index (κ2) is 4.60. The van der Waals surface area contributed by atoms with Gasteiger partial charge in [0.2, 0.25) is 0 Å². The lowest BCUT2D eigenvalue weighted by Gasteiger charge is -2.31. The summed E-state index contributed by atoms with van der Waals surface area (Å²) in [6.07, 6.45) is 0. The van der Waals surface area contributed by atoms with E-state index in [0.29, 0.717) is 18.0 Å². The van der Waals surface area contributed by atoms with Crippen molar-refractivity contribution in [2.45, 2.75) is 13.0 Å². The van der Waals surface area contributed by atoms with E-state index in [-0.39, 0.29) is 11.9 Å². The first-order chi connectivity index (χ1) is 7.74. The number of nitriles is 1. The monoisotopic (exact) mass is 236 g/mol. The summed E-state index contributed by atoms with van der Waals surface area (Å²) in [5, 5.41) is 12.1. The van der Waals surface area contributed by atoms with Gasteiger partial charge in [-0.15, -0.1) is 11.3 Å². The molecule has 1 fully saturated rings. The second-order valence-corrected chi connectivity index (χ2v) is 4.47. The maximum atomic E-state index is 12.2. The molecule has 1 aliphatic heterocycles. The van der Waals surface area contributed by atoms with Gasteiger partial charge < -0.3 is 10.2 Å². The molecule has 0 bridgehead atoms. The van der Waals surface area contributed by atoms with E-state index in [9.17, 15) is 4.79 Å². The van der Waals surface area contributed by atoms with Gasteiger partial charge in [-0.05, 0) is 6.92 Å². The average molecular weight is 236 g/mol. The molecule has 0 saturated carbocycles. The van der Waals surface area contributed by atoms with Crippen LogP contribution in [0.1, 0.15) is 15.4 Å². The molecule has 0 aliphatic carbocycles. The molecule has 2 rings (SSSR count). The van der Waals surface area contributed by atoms with E-state index >= 15 is 0 Å². The largest absolute Gasteiger partial charge is 0.319 e. The number of nitrogens with zero attached hydrogens (tertiary/aromatic N) is 3. The summed E-state index contributed by atoms with van der Waals surface area (Å²) in [5.41, 5.74) is 2.40. The molecule has 0 radical (unpaired) electrons. The van der Waals surface area contributed by atoms with Crippen molar-refractivity contribution in [1.29, 1.82) is 5.26 Å². The Morgan fingerprint density at radius 1 is 1.81 bits per heavy atom. The highest BCUT2D eigenvalue weighted by Gasteiger charge is 2.28. The normalized spacial score (nSPS) is 20.5. The number of aromatic nitrogens is 1. The minimum Gasteiger partial charge on any atom is -0.319 e. The van der Waals surface area contributed by atoms with Crippen molar-refractivity contribution in [3.05, 3.63) is 16.1 Å². The number of carbonyl (C=O) groups is 1. The fourth-order valence-electron chi connectivity index (χ4n) is 1.70. The Hall–Kier alpha value is -1.45. The number of hydrogen-bond acceptors (Lipinski definition) is 5. The van der Waals surface area contributed by atoms with Crippen molar-refractivity contribution in [3.8, 4) is 6.07 Å². The van der Waals surface area contributed by atoms with Crippen LogP contribution in [0.3, 0.4) is 0 Å². The minimum atomic E-state index is -0.372. The Bertz CT molecular complexity index is 436. The van der Waals surface area contributed by atoms with Crippen LogP contribution >= 0.6 is 11.3 Å². The maximum absolute atomic E-state index is 12.2. The van der Waals surface area contributed by atoms with E-state index in [1.54, 1.807) is 10.4 Å². The summed E-state index contributed by atoms with van der Waals surface area (Å²) < 4.78 is 0. The predicted molar refractivity (Wildman–Crippen MR) is 60.2 cm³/mol. The van der Waals surface area contributed by atoms with Crippen molar-refractivity contribution in [2.24, 2.45) is 0 Å². The summed E-state index contributed by atoms with van der Waals surface area (Å²) in [7, 11) is 0. The zero-order valence-corrected chi connectivity index (χ0v) is 9.75. The molecule has 1 aromatic heterocycles. The molecule has 1 unspecified atom stereocenters. The quantitative estimate of drug-likeness (QED) is 0.765. The Morgan fingerprint density at radius 2 is 2.62 bits per heavy atom. The number of aryl methyl sites for hydroxylation is 1. The van der Waals surface area contributed by atoms with Crippen molar-refractivity contribution >= 4 is 17.2 Å². The van der Waals surface area contributed by atoms with Gasteiger partial charge in [0.15, 0.2) is 0 Å². The van der Waals surface area contributed by atoms with Crippen molar-refractivity contribution in [3.63, 3.8) is 0 Å². The topological polar surface area (TPSA) is 69.0 Å². The van der Waals surface area contributed by atoms with Crippen LogP contribution in [0.5, 0.6) is 0 Å². The maximum Gasteiger partial charge on any atom is 0.267 e. The van der Waals surface area contributed by atoms with E-state index in [1.165, 1.54) is 11.3 Å². The number of nitrogens with one attached hydrogen (secondary N) is 1. The minimum absolute atomic E-state index is 0.0759. The van der Waals surface area contributed by atoms with Crippen LogP contribution in [0.15, 0.2) is 5.51 Å². The molecule has 0 spiro atoms. The molecule has 1 aromatic rings. The van der Waals surface area contributed by atoms with Crippen LogP contribution in [0.4, 0.5) is 0 Å². The third kappa shape index (κ3) is 1.92. The second-order valence-electron chi connectivity index (χ2n) is 3.61. The fourth-order valence-corrected chi connectivity index (χ4v) is 2.46. The van der Waals surface area contributed by atoms with Crippen molar-refractivity contribution in [1.82, 2.24) is 15.2 Å². The fraction of sp³-hybridized carbons (Fsp3) is 0.500. The molecule has 6 heteroatoms. The van der Waals surface area contributed by atoms with Gasteiger partial charge in [0.25, 0.3) is 5.91 Å². The van der Waals surface area contributed by atoms with E-state index in [0.717, 1.165) is 12.2 Å². The highest BCUT2D eigenvalue weighted by Crippen LogP contribution is 2.17. The number of hydrogen-bond donors (Lipinski definition) is 1. The molecule has 5 nitrogen and oxygen atoms in total. The molecule has 0 aromatic carbocycles. The van der Waals surface area contributed by atoms with Crippen molar-refractivity contribution < 1.29 is 4.79 Å². The van der Waals surface area contributed by atoms with Crippen LogP contribution < -0.4 is 5.32 Å². The third-order valence-electron chi connectivity index (χ3n) is 2.59. The van der Waals surface area contributed by atoms with Gasteiger partial charge in [-0.25, -0.2) is 4.98 Å². The van der Waals surface area contributed by atoms with Gasteiger partial charge >= 0.3 is 0 Å². The Balaban J connectivity index is 2.21. The first-order valence-electron chi connectivity index (χ1n) is 5.05. The average Bonchev–Trinajstić information content (AvgIpc) is 2.74. The third-order valence-corrected chi connectivity index (χ3v) is 3.51. The molecule has 1 amide bonds. The molecule has 1 saturated heterocycles. The zero-order chi connectivity index (χ0) is 11.5. The van der Waals surface area contributed by atoms with Gasteiger partial charge in [-0.2, -0.15) is 5.26 Å². The van der Waals surface area contributed by atoms with Crippen LogP contribution in [0.25, 0.3) is 0 Å². The molecule has 84 valence electrons. The SMILES string of the molecule is Cc1ncsc1C(=O)N1CCNCC1C#N. The lowest BCUT2D eigenvalue weighted by molar-refractivity contribution is 0.0691. The van der Waals surface area contributed by atoms with Gasteiger partial charge in [0, 0.05) is 19.6 Å². The first kappa shape index (κ1) is 11.0. The highest BCUT2D eigenvalue weighted by atomic mass is 32.1. The van der Waals surface area contributed by atoms with Crippen molar-refractivity contribution in [2.75, 3.05) is 19.6 Å². The number of piperazine rings is 1.